The van der Waals surface area contributed by atoms with Crippen molar-refractivity contribution in [2.24, 2.45) is 28.7 Å². The van der Waals surface area contributed by atoms with Gasteiger partial charge in [0.15, 0.2) is 5.17 Å². The molecule has 5 rings (SSSR count). The maximum absolute atomic E-state index is 12.9. The number of amides is 2. The number of fused-ring (bicyclic) bond motifs is 2. The predicted molar refractivity (Wildman–Crippen MR) is 112 cm³/mol. The second kappa shape index (κ2) is 7.33. The summed E-state index contributed by atoms with van der Waals surface area (Å²) in [6, 6.07) is 0.426. The Kier molecular flexibility index (Phi) is 4.96. The van der Waals surface area contributed by atoms with E-state index < -0.39 is 4.75 Å². The first-order valence-electron chi connectivity index (χ1n) is 11.4. The van der Waals surface area contributed by atoms with Crippen molar-refractivity contribution in [3.05, 3.63) is 0 Å². The minimum Gasteiger partial charge on any atom is -0.342 e. The Labute approximate surface area is 172 Å². The molecular formula is C22H33N3O2S. The molecule has 6 heteroatoms. The Bertz CT molecular complexity index is 681. The summed E-state index contributed by atoms with van der Waals surface area (Å²) >= 11 is 1.66. The molecule has 0 aromatic heterocycles. The van der Waals surface area contributed by atoms with Crippen molar-refractivity contribution in [2.45, 2.75) is 81.9 Å². The largest absolute Gasteiger partial charge is 0.342 e. The third kappa shape index (κ3) is 3.29. The SMILES string of the molecule is CC1(C2CCN(C(=O)C3CCCC3)CC2)SC(=N[C@H]2C[C@@H]3CCC2C3)NC1=O. The normalized spacial score (nSPS) is 40.6. The van der Waals surface area contributed by atoms with Gasteiger partial charge in [-0.2, -0.15) is 0 Å². The summed E-state index contributed by atoms with van der Waals surface area (Å²) in [4.78, 5) is 32.6. The van der Waals surface area contributed by atoms with E-state index in [0.717, 1.165) is 55.8 Å². The molecule has 2 saturated heterocycles. The number of carbonyl (C=O) groups is 2. The van der Waals surface area contributed by atoms with Crippen molar-refractivity contribution in [1.82, 2.24) is 10.2 Å². The lowest BCUT2D eigenvalue weighted by Crippen LogP contribution is -2.48. The molecule has 3 aliphatic carbocycles. The maximum atomic E-state index is 12.9. The van der Waals surface area contributed by atoms with Gasteiger partial charge in [0.1, 0.15) is 4.75 Å². The van der Waals surface area contributed by atoms with Crippen LogP contribution in [0.3, 0.4) is 0 Å². The summed E-state index contributed by atoms with van der Waals surface area (Å²) in [5.74, 6) is 2.68. The summed E-state index contributed by atoms with van der Waals surface area (Å²) in [6.45, 7) is 3.71. The van der Waals surface area contributed by atoms with E-state index in [9.17, 15) is 9.59 Å². The Morgan fingerprint density at radius 2 is 1.86 bits per heavy atom. The van der Waals surface area contributed by atoms with Gasteiger partial charge in [-0.15, -0.1) is 0 Å². The number of thioether (sulfide) groups is 1. The van der Waals surface area contributed by atoms with Crippen LogP contribution in [0.15, 0.2) is 4.99 Å². The van der Waals surface area contributed by atoms with Crippen LogP contribution in [0.1, 0.15) is 71.1 Å². The highest BCUT2D eigenvalue weighted by Crippen LogP contribution is 2.48. The van der Waals surface area contributed by atoms with Crippen molar-refractivity contribution >= 4 is 28.7 Å². The van der Waals surface area contributed by atoms with E-state index in [1.807, 2.05) is 0 Å². The fourth-order valence-corrected chi connectivity index (χ4v) is 7.70. The average Bonchev–Trinajstić information content (AvgIpc) is 3.48. The number of nitrogens with zero attached hydrogens (tertiary/aromatic N) is 2. The van der Waals surface area contributed by atoms with Crippen molar-refractivity contribution in [3.8, 4) is 0 Å². The van der Waals surface area contributed by atoms with Crippen LogP contribution >= 0.6 is 11.8 Å². The van der Waals surface area contributed by atoms with Gasteiger partial charge in [-0.1, -0.05) is 31.0 Å². The van der Waals surface area contributed by atoms with E-state index in [1.54, 1.807) is 11.8 Å². The van der Waals surface area contributed by atoms with E-state index in [4.69, 9.17) is 4.99 Å². The lowest BCUT2D eigenvalue weighted by atomic mass is 9.83. The highest BCUT2D eigenvalue weighted by Gasteiger charge is 2.50. The molecule has 5 nitrogen and oxygen atoms in total. The summed E-state index contributed by atoms with van der Waals surface area (Å²) in [7, 11) is 0. The lowest BCUT2D eigenvalue weighted by Gasteiger charge is -2.39. The molecule has 4 atom stereocenters. The monoisotopic (exact) mass is 403 g/mol. The van der Waals surface area contributed by atoms with Crippen LogP contribution < -0.4 is 5.32 Å². The molecule has 0 aromatic rings. The second-order valence-corrected chi connectivity index (χ2v) is 11.4. The molecule has 2 aliphatic heterocycles. The molecule has 0 radical (unpaired) electrons. The number of hydrogen-bond donors (Lipinski definition) is 1. The first-order valence-corrected chi connectivity index (χ1v) is 12.2. The molecule has 0 aromatic carbocycles. The minimum absolute atomic E-state index is 0.125. The minimum atomic E-state index is -0.432. The molecule has 5 fully saturated rings. The van der Waals surface area contributed by atoms with E-state index in [1.165, 1.54) is 38.5 Å². The fraction of sp³-hybridized carbons (Fsp3) is 0.864. The van der Waals surface area contributed by atoms with Gasteiger partial charge in [-0.25, -0.2) is 0 Å². The van der Waals surface area contributed by atoms with Gasteiger partial charge < -0.3 is 10.2 Å². The van der Waals surface area contributed by atoms with E-state index >= 15 is 0 Å². The Hall–Kier alpha value is -1.04. The number of aliphatic imine (C=N–C) groups is 1. The van der Waals surface area contributed by atoms with Crippen LogP contribution in [0.2, 0.25) is 0 Å². The lowest BCUT2D eigenvalue weighted by molar-refractivity contribution is -0.137. The average molecular weight is 404 g/mol. The van der Waals surface area contributed by atoms with Gasteiger partial charge in [0.25, 0.3) is 0 Å². The van der Waals surface area contributed by atoms with Gasteiger partial charge in [-0.3, -0.25) is 14.6 Å². The van der Waals surface area contributed by atoms with Gasteiger partial charge >= 0.3 is 0 Å². The maximum Gasteiger partial charge on any atom is 0.242 e. The predicted octanol–water partition coefficient (Wildman–Crippen LogP) is 3.58. The van der Waals surface area contributed by atoms with Crippen LogP contribution in [0, 0.1) is 23.7 Å². The molecule has 0 spiro atoms. The highest BCUT2D eigenvalue weighted by atomic mass is 32.2. The molecular weight excluding hydrogens is 370 g/mol. The quantitative estimate of drug-likeness (QED) is 0.783. The number of hydrogen-bond acceptors (Lipinski definition) is 4. The summed E-state index contributed by atoms with van der Waals surface area (Å²) in [5, 5.41) is 3.96. The first-order chi connectivity index (χ1) is 13.5. The van der Waals surface area contributed by atoms with E-state index in [0.29, 0.717) is 17.9 Å². The van der Waals surface area contributed by atoms with E-state index in [2.05, 4.69) is 17.1 Å². The Morgan fingerprint density at radius 1 is 1.11 bits per heavy atom. The van der Waals surface area contributed by atoms with Gasteiger partial charge in [0.05, 0.1) is 6.04 Å². The van der Waals surface area contributed by atoms with Gasteiger partial charge in [0.2, 0.25) is 11.8 Å². The van der Waals surface area contributed by atoms with Crippen molar-refractivity contribution in [2.75, 3.05) is 13.1 Å². The van der Waals surface area contributed by atoms with E-state index in [-0.39, 0.29) is 11.8 Å². The van der Waals surface area contributed by atoms with Crippen LogP contribution in [0.5, 0.6) is 0 Å². The second-order valence-electron chi connectivity index (χ2n) is 9.92. The highest BCUT2D eigenvalue weighted by molar-refractivity contribution is 8.16. The molecule has 28 heavy (non-hydrogen) atoms. The molecule has 3 saturated carbocycles. The Balaban J connectivity index is 1.20. The van der Waals surface area contributed by atoms with Crippen LogP contribution in [-0.2, 0) is 9.59 Å². The van der Waals surface area contributed by atoms with Crippen LogP contribution in [-0.4, -0.2) is 45.8 Å². The zero-order chi connectivity index (χ0) is 19.3. The standard InChI is InChI=1S/C22H33N3O2S/c1-22(17-8-10-25(11-9-17)19(26)15-4-2-3-5-15)20(27)24-21(28-22)23-18-13-14-6-7-16(18)12-14/h14-18H,2-13H2,1H3,(H,23,24,27)/t14-,16?,18+,22?/m1/s1. The molecule has 2 heterocycles. The smallest absolute Gasteiger partial charge is 0.242 e. The third-order valence-corrected chi connectivity index (χ3v) is 9.60. The van der Waals surface area contributed by atoms with Gasteiger partial charge in [0, 0.05) is 19.0 Å². The number of amidine groups is 1. The number of rotatable bonds is 3. The Morgan fingerprint density at radius 3 is 2.50 bits per heavy atom. The van der Waals surface area contributed by atoms with Crippen molar-refractivity contribution < 1.29 is 9.59 Å². The molecule has 2 amide bonds. The first kappa shape index (κ1) is 19.0. The number of carbonyl (C=O) groups excluding carboxylic acids is 2. The summed E-state index contributed by atoms with van der Waals surface area (Å²) in [5.41, 5.74) is 0. The molecule has 5 aliphatic rings. The number of likely N-dealkylation sites (tertiary alicyclic amines) is 1. The summed E-state index contributed by atoms with van der Waals surface area (Å²) in [6.07, 6.45) is 11.6. The third-order valence-electron chi connectivity index (χ3n) is 8.25. The molecule has 2 bridgehead atoms. The van der Waals surface area contributed by atoms with Crippen LogP contribution in [0.4, 0.5) is 0 Å². The number of piperidine rings is 1. The zero-order valence-electron chi connectivity index (χ0n) is 17.0. The van der Waals surface area contributed by atoms with Gasteiger partial charge in [-0.05, 0) is 69.6 Å². The number of nitrogens with one attached hydrogen (secondary N) is 1. The van der Waals surface area contributed by atoms with Crippen molar-refractivity contribution in [3.63, 3.8) is 0 Å². The topological polar surface area (TPSA) is 61.8 Å². The zero-order valence-corrected chi connectivity index (χ0v) is 17.8. The molecule has 154 valence electrons. The van der Waals surface area contributed by atoms with Crippen LogP contribution in [0.25, 0.3) is 0 Å². The fourth-order valence-electron chi connectivity index (χ4n) is 6.42. The van der Waals surface area contributed by atoms with Crippen molar-refractivity contribution in [1.29, 1.82) is 0 Å². The molecule has 1 N–H and O–H groups in total. The molecule has 2 unspecified atom stereocenters. The summed E-state index contributed by atoms with van der Waals surface area (Å²) < 4.78 is -0.432.